The highest BCUT2D eigenvalue weighted by molar-refractivity contribution is 5.90. The van der Waals surface area contributed by atoms with Crippen LogP contribution in [-0.4, -0.2) is 36.8 Å². The Morgan fingerprint density at radius 3 is 2.47 bits per heavy atom. The second kappa shape index (κ2) is 9.15. The molecule has 0 fully saturated rings. The second-order valence-corrected chi connectivity index (χ2v) is 7.80. The number of aryl methyl sites for hydroxylation is 3. The van der Waals surface area contributed by atoms with Crippen LogP contribution in [0.25, 0.3) is 17.2 Å². The Morgan fingerprint density at radius 1 is 1.06 bits per heavy atom. The number of hydrogen-bond donors (Lipinski definition) is 2. The number of carbonyl (C=O) groups excluding carboxylic acids is 1. The highest BCUT2D eigenvalue weighted by Gasteiger charge is 2.16. The molecule has 0 saturated carbocycles. The second-order valence-electron chi connectivity index (χ2n) is 7.80. The molecule has 2 aromatic carbocycles. The van der Waals surface area contributed by atoms with Gasteiger partial charge in [-0.05, 0) is 44.4 Å². The molecule has 2 heterocycles. The number of carbonyl (C=O) groups is 1. The van der Waals surface area contributed by atoms with E-state index in [1.165, 1.54) is 10.6 Å². The van der Waals surface area contributed by atoms with E-state index in [1.54, 1.807) is 11.5 Å². The maximum absolute atomic E-state index is 12.7. The van der Waals surface area contributed by atoms with Crippen molar-refractivity contribution in [3.8, 4) is 11.4 Å². The van der Waals surface area contributed by atoms with Crippen LogP contribution in [0.3, 0.4) is 0 Å². The van der Waals surface area contributed by atoms with Crippen LogP contribution >= 0.6 is 0 Å². The lowest BCUT2D eigenvalue weighted by molar-refractivity contribution is -0.116. The minimum atomic E-state index is -0.300. The number of aliphatic hydroxyl groups excluding tert-OH is 1. The van der Waals surface area contributed by atoms with Crippen molar-refractivity contribution in [2.75, 3.05) is 11.9 Å². The molecular formula is C24H25N5O3. The third-order valence-electron chi connectivity index (χ3n) is 5.27. The molecule has 0 spiro atoms. The summed E-state index contributed by atoms with van der Waals surface area (Å²) in [4.78, 5) is 29.7. The van der Waals surface area contributed by atoms with Crippen molar-refractivity contribution in [1.29, 1.82) is 0 Å². The quantitative estimate of drug-likeness (QED) is 0.469. The van der Waals surface area contributed by atoms with E-state index in [2.05, 4.69) is 15.4 Å². The van der Waals surface area contributed by atoms with Crippen LogP contribution in [0.1, 0.15) is 23.2 Å². The molecule has 0 atom stereocenters. The van der Waals surface area contributed by atoms with Crippen LogP contribution in [0.2, 0.25) is 0 Å². The van der Waals surface area contributed by atoms with Crippen LogP contribution in [0, 0.1) is 13.8 Å². The van der Waals surface area contributed by atoms with Gasteiger partial charge in [0.1, 0.15) is 6.54 Å². The van der Waals surface area contributed by atoms with Crippen LogP contribution in [-0.2, 0) is 17.8 Å². The Labute approximate surface area is 185 Å². The van der Waals surface area contributed by atoms with Crippen LogP contribution in [0.15, 0.2) is 59.4 Å². The van der Waals surface area contributed by atoms with E-state index in [1.807, 2.05) is 55.5 Å². The van der Waals surface area contributed by atoms with Crippen molar-refractivity contribution in [2.24, 2.45) is 0 Å². The maximum atomic E-state index is 12.7. The van der Waals surface area contributed by atoms with Crippen molar-refractivity contribution in [1.82, 2.24) is 19.2 Å². The molecule has 0 radical (unpaired) electrons. The van der Waals surface area contributed by atoms with Crippen LogP contribution in [0.4, 0.5) is 5.69 Å². The van der Waals surface area contributed by atoms with Gasteiger partial charge in [0, 0.05) is 29.6 Å². The molecule has 2 N–H and O–H groups in total. The zero-order valence-electron chi connectivity index (χ0n) is 18.1. The minimum absolute atomic E-state index is 0.00171. The summed E-state index contributed by atoms with van der Waals surface area (Å²) in [5, 5.41) is 16.2. The first kappa shape index (κ1) is 21.5. The number of nitrogens with zero attached hydrogens (tertiary/aromatic N) is 4. The van der Waals surface area contributed by atoms with Gasteiger partial charge in [0.05, 0.1) is 0 Å². The van der Waals surface area contributed by atoms with Crippen molar-refractivity contribution in [2.45, 2.75) is 33.2 Å². The topological polar surface area (TPSA) is 102 Å². The molecule has 0 aliphatic rings. The molecule has 0 unspecified atom stereocenters. The average molecular weight is 431 g/mol. The summed E-state index contributed by atoms with van der Waals surface area (Å²) in [7, 11) is 0. The fourth-order valence-corrected chi connectivity index (χ4v) is 3.50. The lowest BCUT2D eigenvalue weighted by Gasteiger charge is -2.11. The molecule has 2 aromatic heterocycles. The Kier molecular flexibility index (Phi) is 6.13. The highest BCUT2D eigenvalue weighted by atomic mass is 16.3. The van der Waals surface area contributed by atoms with E-state index in [9.17, 15) is 9.59 Å². The molecule has 8 heteroatoms. The number of amides is 1. The van der Waals surface area contributed by atoms with Gasteiger partial charge >= 0.3 is 0 Å². The van der Waals surface area contributed by atoms with E-state index in [0.29, 0.717) is 29.4 Å². The summed E-state index contributed by atoms with van der Waals surface area (Å²) < 4.78 is 2.90. The average Bonchev–Trinajstić information content (AvgIpc) is 3.23. The van der Waals surface area contributed by atoms with Gasteiger partial charge in [0.25, 0.3) is 5.56 Å². The van der Waals surface area contributed by atoms with E-state index >= 15 is 0 Å². The number of hydrogen-bond acceptors (Lipinski definition) is 5. The Morgan fingerprint density at radius 2 is 1.78 bits per heavy atom. The standard InChI is InChI=1S/C24H25N5O3/c1-16-5-11-20(12-6-16)25-21(31)15-28-17(2)14-22(32)29-24(28)26-23(27-29)19-9-7-18(8-10-19)4-3-13-30/h5-12,14,30H,3-4,13,15H2,1-2H3,(H,25,31). The molecule has 4 rings (SSSR count). The highest BCUT2D eigenvalue weighted by Crippen LogP contribution is 2.18. The number of fused-ring (bicyclic) bond motifs is 1. The Hall–Kier alpha value is -3.78. The molecule has 4 aromatic rings. The zero-order valence-corrected chi connectivity index (χ0v) is 18.1. The van der Waals surface area contributed by atoms with Gasteiger partial charge in [0.2, 0.25) is 11.7 Å². The molecule has 0 bridgehead atoms. The number of nitrogens with one attached hydrogen (secondary N) is 1. The number of benzene rings is 2. The Balaban J connectivity index is 1.63. The largest absolute Gasteiger partial charge is 0.396 e. The van der Waals surface area contributed by atoms with Gasteiger partial charge in [-0.25, -0.2) is 0 Å². The third kappa shape index (κ3) is 4.60. The van der Waals surface area contributed by atoms with Gasteiger partial charge in [-0.2, -0.15) is 9.50 Å². The SMILES string of the molecule is Cc1ccc(NC(=O)Cn2c(C)cc(=O)n3nc(-c4ccc(CCCO)cc4)nc23)cc1. The number of anilines is 1. The predicted molar refractivity (Wildman–Crippen MR) is 123 cm³/mol. The lowest BCUT2D eigenvalue weighted by Crippen LogP contribution is -2.25. The summed E-state index contributed by atoms with van der Waals surface area (Å²) in [5.41, 5.74) is 4.02. The maximum Gasteiger partial charge on any atom is 0.275 e. The van der Waals surface area contributed by atoms with Crippen molar-refractivity contribution < 1.29 is 9.90 Å². The molecule has 32 heavy (non-hydrogen) atoms. The number of aromatic nitrogens is 4. The summed E-state index contributed by atoms with van der Waals surface area (Å²) >= 11 is 0. The van der Waals surface area contributed by atoms with Gasteiger partial charge < -0.3 is 15.0 Å². The number of aliphatic hydroxyl groups is 1. The monoisotopic (exact) mass is 431 g/mol. The zero-order chi connectivity index (χ0) is 22.7. The lowest BCUT2D eigenvalue weighted by atomic mass is 10.1. The van der Waals surface area contributed by atoms with Gasteiger partial charge in [-0.1, -0.05) is 42.0 Å². The smallest absolute Gasteiger partial charge is 0.275 e. The normalized spacial score (nSPS) is 11.1. The van der Waals surface area contributed by atoms with E-state index in [-0.39, 0.29) is 24.6 Å². The molecule has 0 aliphatic carbocycles. The van der Waals surface area contributed by atoms with Crippen molar-refractivity contribution in [3.05, 3.63) is 81.8 Å². The van der Waals surface area contributed by atoms with Gasteiger partial charge in [-0.15, -0.1) is 5.10 Å². The van der Waals surface area contributed by atoms with Crippen molar-refractivity contribution in [3.63, 3.8) is 0 Å². The summed E-state index contributed by atoms with van der Waals surface area (Å²) in [6.45, 7) is 3.91. The van der Waals surface area contributed by atoms with Crippen LogP contribution in [0.5, 0.6) is 0 Å². The first-order valence-electron chi connectivity index (χ1n) is 10.5. The number of rotatable bonds is 7. The predicted octanol–water partition coefficient (Wildman–Crippen LogP) is 2.74. The van der Waals surface area contributed by atoms with E-state index in [4.69, 9.17) is 5.11 Å². The first-order chi connectivity index (χ1) is 15.4. The fraction of sp³-hybridized carbons (Fsp3) is 0.250. The van der Waals surface area contributed by atoms with Crippen molar-refractivity contribution >= 4 is 17.4 Å². The molecule has 164 valence electrons. The summed E-state index contributed by atoms with van der Waals surface area (Å²) in [6.07, 6.45) is 1.49. The fourth-order valence-electron chi connectivity index (χ4n) is 3.50. The molecular weight excluding hydrogens is 406 g/mol. The third-order valence-corrected chi connectivity index (χ3v) is 5.27. The van der Waals surface area contributed by atoms with Crippen LogP contribution < -0.4 is 10.9 Å². The molecule has 0 saturated heterocycles. The molecule has 8 nitrogen and oxygen atoms in total. The minimum Gasteiger partial charge on any atom is -0.396 e. The summed E-state index contributed by atoms with van der Waals surface area (Å²) in [6, 6.07) is 16.7. The van der Waals surface area contributed by atoms with Gasteiger partial charge in [-0.3, -0.25) is 9.59 Å². The molecule has 0 aliphatic heterocycles. The van der Waals surface area contributed by atoms with E-state index in [0.717, 1.165) is 23.1 Å². The Bertz CT molecular complexity index is 1300. The van der Waals surface area contributed by atoms with E-state index < -0.39 is 0 Å². The molecule has 1 amide bonds. The van der Waals surface area contributed by atoms with Gasteiger partial charge in [0.15, 0.2) is 5.82 Å². The summed E-state index contributed by atoms with van der Waals surface area (Å²) in [5.74, 6) is 0.503. The first-order valence-corrected chi connectivity index (χ1v) is 10.5.